The number of benzene rings is 2. The molecule has 1 N–H and O–H groups in total. The molecule has 2 amide bonds. The van der Waals surface area contributed by atoms with Crippen LogP contribution >= 0.6 is 0 Å². The summed E-state index contributed by atoms with van der Waals surface area (Å²) in [6.45, 7) is 2.96. The van der Waals surface area contributed by atoms with Gasteiger partial charge in [0.25, 0.3) is 10.0 Å². The van der Waals surface area contributed by atoms with Gasteiger partial charge < -0.3 is 9.80 Å². The second kappa shape index (κ2) is 7.51. The topological polar surface area (TPSA) is 86.8 Å². The molecule has 8 heteroatoms. The molecule has 2 aliphatic rings. The molecule has 2 aromatic carbocycles. The zero-order valence-corrected chi connectivity index (χ0v) is 17.0. The number of carbonyl (C=O) groups excluding carboxylic acids is 2. The summed E-state index contributed by atoms with van der Waals surface area (Å²) in [6, 6.07) is 11.9. The number of anilines is 3. The van der Waals surface area contributed by atoms with Gasteiger partial charge in [0, 0.05) is 37.3 Å². The zero-order chi connectivity index (χ0) is 20.6. The van der Waals surface area contributed by atoms with E-state index in [0.29, 0.717) is 48.6 Å². The van der Waals surface area contributed by atoms with Crippen LogP contribution in [-0.4, -0.2) is 33.3 Å². The SMILES string of the molecule is Cc1ccc(N2CCCC2=O)cc1S(=O)(=O)Nc1cccc(N2CCCC2=O)c1. The van der Waals surface area contributed by atoms with Gasteiger partial charge in [-0.25, -0.2) is 8.42 Å². The Balaban J connectivity index is 1.62. The fourth-order valence-electron chi connectivity index (χ4n) is 3.84. The number of sulfonamides is 1. The first-order valence-corrected chi connectivity index (χ1v) is 11.2. The summed E-state index contributed by atoms with van der Waals surface area (Å²) in [6.07, 6.45) is 2.57. The van der Waals surface area contributed by atoms with Crippen LogP contribution in [-0.2, 0) is 19.6 Å². The normalized spacial score (nSPS) is 17.3. The summed E-state index contributed by atoms with van der Waals surface area (Å²) in [5.41, 5.74) is 2.26. The lowest BCUT2D eigenvalue weighted by atomic mass is 10.2. The van der Waals surface area contributed by atoms with Crippen LogP contribution in [0.25, 0.3) is 0 Å². The number of rotatable bonds is 5. The number of carbonyl (C=O) groups is 2. The molecule has 7 nitrogen and oxygen atoms in total. The maximum atomic E-state index is 13.1. The third-order valence-electron chi connectivity index (χ3n) is 5.33. The van der Waals surface area contributed by atoms with Gasteiger partial charge in [-0.3, -0.25) is 14.3 Å². The molecule has 29 heavy (non-hydrogen) atoms. The number of hydrogen-bond donors (Lipinski definition) is 1. The highest BCUT2D eigenvalue weighted by molar-refractivity contribution is 7.92. The Morgan fingerprint density at radius 2 is 1.48 bits per heavy atom. The van der Waals surface area contributed by atoms with E-state index in [9.17, 15) is 18.0 Å². The number of nitrogens with zero attached hydrogens (tertiary/aromatic N) is 2. The lowest BCUT2D eigenvalue weighted by molar-refractivity contribution is -0.117. The molecule has 2 aromatic rings. The molecule has 2 saturated heterocycles. The van der Waals surface area contributed by atoms with E-state index in [1.54, 1.807) is 59.2 Å². The van der Waals surface area contributed by atoms with E-state index < -0.39 is 10.0 Å². The number of nitrogens with one attached hydrogen (secondary N) is 1. The minimum absolute atomic E-state index is 0.00754. The monoisotopic (exact) mass is 413 g/mol. The molecular weight excluding hydrogens is 390 g/mol. The van der Waals surface area contributed by atoms with Gasteiger partial charge in [0.05, 0.1) is 10.6 Å². The zero-order valence-electron chi connectivity index (χ0n) is 16.2. The Morgan fingerprint density at radius 3 is 2.07 bits per heavy atom. The first kappa shape index (κ1) is 19.4. The number of aryl methyl sites for hydroxylation is 1. The molecule has 2 aliphatic heterocycles. The predicted octanol–water partition coefficient (Wildman–Crippen LogP) is 3.05. The van der Waals surface area contributed by atoms with Gasteiger partial charge in [-0.2, -0.15) is 0 Å². The van der Waals surface area contributed by atoms with Gasteiger partial charge in [0.1, 0.15) is 0 Å². The fraction of sp³-hybridized carbons (Fsp3) is 0.333. The molecule has 0 spiro atoms. The van der Waals surface area contributed by atoms with E-state index in [0.717, 1.165) is 12.8 Å². The average molecular weight is 413 g/mol. The molecule has 2 heterocycles. The van der Waals surface area contributed by atoms with Gasteiger partial charge in [0.2, 0.25) is 11.8 Å². The molecule has 0 unspecified atom stereocenters. The van der Waals surface area contributed by atoms with Crippen LogP contribution < -0.4 is 14.5 Å². The highest BCUT2D eigenvalue weighted by atomic mass is 32.2. The van der Waals surface area contributed by atoms with Crippen LogP contribution in [0.15, 0.2) is 47.4 Å². The van der Waals surface area contributed by atoms with E-state index in [4.69, 9.17) is 0 Å². The van der Waals surface area contributed by atoms with Gasteiger partial charge in [-0.15, -0.1) is 0 Å². The largest absolute Gasteiger partial charge is 0.312 e. The average Bonchev–Trinajstić information content (AvgIpc) is 3.30. The molecule has 4 rings (SSSR count). The van der Waals surface area contributed by atoms with E-state index >= 15 is 0 Å². The standard InChI is InChI=1S/C21H23N3O4S/c1-15-9-10-18(24-12-4-8-21(24)26)14-19(15)29(27,28)22-16-5-2-6-17(13-16)23-11-3-7-20(23)25/h2,5-6,9-10,13-14,22H,3-4,7-8,11-12H2,1H3. The molecule has 0 aliphatic carbocycles. The van der Waals surface area contributed by atoms with E-state index in [1.807, 2.05) is 0 Å². The summed E-state index contributed by atoms with van der Waals surface area (Å²) in [5, 5.41) is 0. The van der Waals surface area contributed by atoms with Crippen molar-refractivity contribution in [3.63, 3.8) is 0 Å². The quantitative estimate of drug-likeness (QED) is 0.816. The van der Waals surface area contributed by atoms with Crippen molar-refractivity contribution in [1.29, 1.82) is 0 Å². The van der Waals surface area contributed by atoms with Crippen molar-refractivity contribution in [3.05, 3.63) is 48.0 Å². The van der Waals surface area contributed by atoms with Crippen molar-refractivity contribution in [2.45, 2.75) is 37.5 Å². The van der Waals surface area contributed by atoms with Crippen LogP contribution in [0.4, 0.5) is 17.1 Å². The minimum atomic E-state index is -3.86. The molecule has 0 atom stereocenters. The summed E-state index contributed by atoms with van der Waals surface area (Å²) < 4.78 is 28.8. The van der Waals surface area contributed by atoms with Crippen molar-refractivity contribution in [1.82, 2.24) is 0 Å². The molecule has 0 bridgehead atoms. The summed E-state index contributed by atoms with van der Waals surface area (Å²) in [4.78, 5) is 27.4. The fourth-order valence-corrected chi connectivity index (χ4v) is 5.15. The first-order chi connectivity index (χ1) is 13.8. The van der Waals surface area contributed by atoms with E-state index in [-0.39, 0.29) is 16.7 Å². The van der Waals surface area contributed by atoms with Gasteiger partial charge in [0.15, 0.2) is 0 Å². The predicted molar refractivity (Wildman–Crippen MR) is 112 cm³/mol. The molecule has 0 saturated carbocycles. The van der Waals surface area contributed by atoms with Crippen molar-refractivity contribution in [2.75, 3.05) is 27.6 Å². The molecule has 2 fully saturated rings. The Morgan fingerprint density at radius 1 is 0.862 bits per heavy atom. The summed E-state index contributed by atoms with van der Waals surface area (Å²) in [5.74, 6) is 0.0528. The van der Waals surface area contributed by atoms with Crippen LogP contribution in [0, 0.1) is 6.92 Å². The van der Waals surface area contributed by atoms with Crippen molar-refractivity contribution in [2.24, 2.45) is 0 Å². The molecule has 152 valence electrons. The van der Waals surface area contributed by atoms with E-state index in [1.165, 1.54) is 0 Å². The number of hydrogen-bond acceptors (Lipinski definition) is 4. The molecule has 0 radical (unpaired) electrons. The Kier molecular flexibility index (Phi) is 5.04. The molecular formula is C21H23N3O4S. The summed E-state index contributed by atoms with van der Waals surface area (Å²) in [7, 11) is -3.86. The van der Waals surface area contributed by atoms with Crippen LogP contribution in [0.2, 0.25) is 0 Å². The maximum Gasteiger partial charge on any atom is 0.262 e. The Labute approximate surface area is 170 Å². The van der Waals surface area contributed by atoms with E-state index in [2.05, 4.69) is 4.72 Å². The second-order valence-corrected chi connectivity index (χ2v) is 9.05. The van der Waals surface area contributed by atoms with Crippen molar-refractivity contribution >= 4 is 38.9 Å². The highest BCUT2D eigenvalue weighted by Gasteiger charge is 2.25. The number of amides is 2. The smallest absolute Gasteiger partial charge is 0.262 e. The third kappa shape index (κ3) is 3.85. The summed E-state index contributed by atoms with van der Waals surface area (Å²) >= 11 is 0. The van der Waals surface area contributed by atoms with Gasteiger partial charge in [-0.1, -0.05) is 12.1 Å². The van der Waals surface area contributed by atoms with Gasteiger partial charge in [-0.05, 0) is 55.7 Å². The van der Waals surface area contributed by atoms with Gasteiger partial charge >= 0.3 is 0 Å². The second-order valence-electron chi connectivity index (χ2n) is 7.40. The van der Waals surface area contributed by atoms with Crippen LogP contribution in [0.5, 0.6) is 0 Å². The third-order valence-corrected chi connectivity index (χ3v) is 6.85. The Hall–Kier alpha value is -2.87. The van der Waals surface area contributed by atoms with Crippen molar-refractivity contribution < 1.29 is 18.0 Å². The lowest BCUT2D eigenvalue weighted by Crippen LogP contribution is -2.24. The van der Waals surface area contributed by atoms with Crippen molar-refractivity contribution in [3.8, 4) is 0 Å². The molecule has 0 aromatic heterocycles. The highest BCUT2D eigenvalue weighted by Crippen LogP contribution is 2.29. The lowest BCUT2D eigenvalue weighted by Gasteiger charge is -2.19. The van der Waals surface area contributed by atoms with Crippen LogP contribution in [0.3, 0.4) is 0 Å². The minimum Gasteiger partial charge on any atom is -0.312 e. The van der Waals surface area contributed by atoms with Crippen LogP contribution in [0.1, 0.15) is 31.2 Å². The maximum absolute atomic E-state index is 13.1. The first-order valence-electron chi connectivity index (χ1n) is 9.69. The Bertz CT molecular complexity index is 1080.